The third kappa shape index (κ3) is 4.22. The summed E-state index contributed by atoms with van der Waals surface area (Å²) in [6.07, 6.45) is 5.06. The zero-order chi connectivity index (χ0) is 25.4. The Kier molecular flexibility index (Phi) is 6.03. The number of nitrogen functional groups attached to an aromatic ring is 1. The third-order valence-electron chi connectivity index (χ3n) is 6.06. The van der Waals surface area contributed by atoms with Crippen molar-refractivity contribution in [1.82, 2.24) is 24.3 Å². The summed E-state index contributed by atoms with van der Waals surface area (Å²) in [5.41, 5.74) is 8.59. The van der Waals surface area contributed by atoms with Crippen LogP contribution in [0.4, 0.5) is 5.95 Å². The lowest BCUT2D eigenvalue weighted by atomic mass is 10.0. The molecule has 0 bridgehead atoms. The molecular weight excluding hydrogens is 484 g/mol. The molecule has 36 heavy (non-hydrogen) atoms. The largest absolute Gasteiger partial charge is 0.478 e. The lowest BCUT2D eigenvalue weighted by Crippen LogP contribution is -2.26. The molecule has 4 aromatic rings. The maximum atomic E-state index is 12.1. The number of halogens is 1. The molecule has 11 heteroatoms. The molecule has 1 amide bonds. The van der Waals surface area contributed by atoms with Gasteiger partial charge in [0.05, 0.1) is 21.8 Å². The molecule has 182 valence electrons. The Bertz CT molecular complexity index is 1520. The van der Waals surface area contributed by atoms with Crippen LogP contribution < -0.4 is 10.5 Å². The van der Waals surface area contributed by atoms with Crippen molar-refractivity contribution in [2.45, 2.75) is 12.3 Å². The van der Waals surface area contributed by atoms with Gasteiger partial charge in [-0.25, -0.2) is 19.7 Å². The third-order valence-corrected chi connectivity index (χ3v) is 6.35. The molecule has 3 aromatic heterocycles. The molecular formula is C25H21ClN6O4. The Balaban J connectivity index is 1.50. The van der Waals surface area contributed by atoms with Crippen molar-refractivity contribution in [2.75, 3.05) is 18.8 Å². The standard InChI is InChI=1S/C25H21ClN6O4/c1-2-21(33)31-10-7-16(13-31)22-18-6-9-29-25(27)32(18)23(30-22)14-3-4-19(17(26)11-14)36-20-12-15(24(34)35)5-8-28-20/h2-6,8-9,11-12,16H,1,7,10,13H2,(H2,27,29)(H,34,35). The minimum Gasteiger partial charge on any atom is -0.478 e. The predicted molar refractivity (Wildman–Crippen MR) is 133 cm³/mol. The number of rotatable bonds is 6. The van der Waals surface area contributed by atoms with E-state index in [0.29, 0.717) is 30.2 Å². The van der Waals surface area contributed by atoms with Crippen LogP contribution in [0.2, 0.25) is 5.02 Å². The lowest BCUT2D eigenvalue weighted by Gasteiger charge is -2.13. The number of benzene rings is 1. The Morgan fingerprint density at radius 2 is 2.00 bits per heavy atom. The number of nitrogens with zero attached hydrogens (tertiary/aromatic N) is 5. The first-order valence-electron chi connectivity index (χ1n) is 11.1. The van der Waals surface area contributed by atoms with E-state index in [1.54, 1.807) is 33.7 Å². The number of fused-ring (bicyclic) bond motifs is 1. The smallest absolute Gasteiger partial charge is 0.335 e. The fourth-order valence-electron chi connectivity index (χ4n) is 4.32. The van der Waals surface area contributed by atoms with E-state index in [4.69, 9.17) is 27.1 Å². The summed E-state index contributed by atoms with van der Waals surface area (Å²) in [7, 11) is 0. The summed E-state index contributed by atoms with van der Waals surface area (Å²) in [4.78, 5) is 38.2. The molecule has 0 radical (unpaired) electrons. The quantitative estimate of drug-likeness (QED) is 0.376. The van der Waals surface area contributed by atoms with Crippen LogP contribution in [-0.2, 0) is 4.79 Å². The Morgan fingerprint density at radius 3 is 2.75 bits per heavy atom. The van der Waals surface area contributed by atoms with E-state index >= 15 is 0 Å². The molecule has 1 atom stereocenters. The normalized spacial score (nSPS) is 15.2. The molecule has 3 N–H and O–H groups in total. The lowest BCUT2D eigenvalue weighted by molar-refractivity contribution is -0.125. The number of carbonyl (C=O) groups is 2. The number of hydrogen-bond donors (Lipinski definition) is 2. The minimum atomic E-state index is -1.09. The predicted octanol–water partition coefficient (Wildman–Crippen LogP) is 4.02. The Morgan fingerprint density at radius 1 is 1.19 bits per heavy atom. The molecule has 1 aliphatic heterocycles. The summed E-state index contributed by atoms with van der Waals surface area (Å²) in [6.45, 7) is 4.73. The van der Waals surface area contributed by atoms with Crippen LogP contribution in [0.25, 0.3) is 16.9 Å². The van der Waals surface area contributed by atoms with Crippen LogP contribution in [-0.4, -0.2) is 54.3 Å². The second-order valence-corrected chi connectivity index (χ2v) is 8.66. The maximum Gasteiger partial charge on any atom is 0.335 e. The fourth-order valence-corrected chi connectivity index (χ4v) is 4.54. The van der Waals surface area contributed by atoms with Gasteiger partial charge in [0.25, 0.3) is 0 Å². The minimum absolute atomic E-state index is 0.0325. The van der Waals surface area contributed by atoms with Crippen molar-refractivity contribution >= 4 is 34.9 Å². The number of anilines is 1. The van der Waals surface area contributed by atoms with E-state index < -0.39 is 5.97 Å². The molecule has 1 saturated heterocycles. The van der Waals surface area contributed by atoms with Crippen LogP contribution in [0.1, 0.15) is 28.4 Å². The van der Waals surface area contributed by atoms with Gasteiger partial charge in [-0.1, -0.05) is 18.2 Å². The second-order valence-electron chi connectivity index (χ2n) is 8.25. The van der Waals surface area contributed by atoms with Crippen molar-refractivity contribution in [3.63, 3.8) is 0 Å². The summed E-state index contributed by atoms with van der Waals surface area (Å²) in [6, 6.07) is 9.65. The fraction of sp³-hybridized carbons (Fsp3) is 0.160. The number of carbonyl (C=O) groups excluding carboxylic acids is 1. The van der Waals surface area contributed by atoms with Gasteiger partial charge in [0.15, 0.2) is 0 Å². The van der Waals surface area contributed by atoms with Crippen molar-refractivity contribution in [3.8, 4) is 23.0 Å². The molecule has 4 heterocycles. The van der Waals surface area contributed by atoms with E-state index in [-0.39, 0.29) is 34.2 Å². The zero-order valence-corrected chi connectivity index (χ0v) is 19.7. The first-order valence-corrected chi connectivity index (χ1v) is 11.4. The first kappa shape index (κ1) is 23.3. The number of nitrogens with two attached hydrogens (primary N) is 1. The molecule has 1 unspecified atom stereocenters. The molecule has 10 nitrogen and oxygen atoms in total. The van der Waals surface area contributed by atoms with Gasteiger partial charge in [0.1, 0.15) is 11.6 Å². The zero-order valence-electron chi connectivity index (χ0n) is 19.0. The number of aromatic carboxylic acids is 1. The summed E-state index contributed by atoms with van der Waals surface area (Å²) in [5, 5.41) is 9.46. The number of aromatic nitrogens is 4. The van der Waals surface area contributed by atoms with Gasteiger partial charge in [-0.2, -0.15) is 0 Å². The van der Waals surface area contributed by atoms with Crippen LogP contribution >= 0.6 is 11.6 Å². The van der Waals surface area contributed by atoms with Gasteiger partial charge in [0.2, 0.25) is 17.7 Å². The molecule has 1 aromatic carbocycles. The number of imidazole rings is 1. The number of carboxylic acids is 1. The average molecular weight is 505 g/mol. The maximum absolute atomic E-state index is 12.1. The van der Waals surface area contributed by atoms with E-state index in [0.717, 1.165) is 17.6 Å². The van der Waals surface area contributed by atoms with E-state index in [2.05, 4.69) is 16.5 Å². The number of likely N-dealkylation sites (tertiary alicyclic amines) is 1. The SMILES string of the molecule is C=CC(=O)N1CCC(c2nc(-c3ccc(Oc4cc(C(=O)O)ccn4)c(Cl)c3)n3c(N)nccc23)C1. The van der Waals surface area contributed by atoms with Crippen molar-refractivity contribution < 1.29 is 19.4 Å². The number of hydrogen-bond acceptors (Lipinski definition) is 7. The topological polar surface area (TPSA) is 136 Å². The number of pyridine rings is 1. The highest BCUT2D eigenvalue weighted by Gasteiger charge is 2.30. The highest BCUT2D eigenvalue weighted by molar-refractivity contribution is 6.32. The first-order chi connectivity index (χ1) is 17.4. The molecule has 0 saturated carbocycles. The van der Waals surface area contributed by atoms with Gasteiger partial charge in [-0.05, 0) is 42.8 Å². The summed E-state index contributed by atoms with van der Waals surface area (Å²) >= 11 is 6.52. The number of ether oxygens (including phenoxy) is 1. The number of amides is 1. The Hall–Kier alpha value is -4.44. The summed E-state index contributed by atoms with van der Waals surface area (Å²) in [5.74, 6) is 0.0702. The van der Waals surface area contributed by atoms with E-state index in [9.17, 15) is 14.7 Å². The molecule has 1 fully saturated rings. The molecule has 0 spiro atoms. The van der Waals surface area contributed by atoms with Crippen LogP contribution in [0.5, 0.6) is 11.6 Å². The van der Waals surface area contributed by atoms with Crippen LogP contribution in [0.15, 0.2) is 61.4 Å². The van der Waals surface area contributed by atoms with Crippen molar-refractivity contribution in [3.05, 3.63) is 77.7 Å². The van der Waals surface area contributed by atoms with Gasteiger partial charge >= 0.3 is 5.97 Å². The van der Waals surface area contributed by atoms with Crippen LogP contribution in [0.3, 0.4) is 0 Å². The molecule has 5 rings (SSSR count). The van der Waals surface area contributed by atoms with Crippen molar-refractivity contribution in [2.24, 2.45) is 0 Å². The van der Waals surface area contributed by atoms with Crippen molar-refractivity contribution in [1.29, 1.82) is 0 Å². The van der Waals surface area contributed by atoms with Gasteiger partial charge in [0, 0.05) is 43.0 Å². The highest BCUT2D eigenvalue weighted by atomic mass is 35.5. The highest BCUT2D eigenvalue weighted by Crippen LogP contribution is 2.37. The van der Waals surface area contributed by atoms with Crippen LogP contribution in [0, 0.1) is 0 Å². The van der Waals surface area contributed by atoms with Gasteiger partial charge in [-0.3, -0.25) is 9.20 Å². The monoisotopic (exact) mass is 504 g/mol. The van der Waals surface area contributed by atoms with E-state index in [1.807, 2.05) is 6.07 Å². The second kappa shape index (κ2) is 9.31. The molecule has 1 aliphatic rings. The summed E-state index contributed by atoms with van der Waals surface area (Å²) < 4.78 is 7.48. The number of carboxylic acid groups (broad SMARTS) is 1. The average Bonchev–Trinajstić information content (AvgIpc) is 3.51. The van der Waals surface area contributed by atoms with Gasteiger partial charge in [-0.15, -0.1) is 0 Å². The van der Waals surface area contributed by atoms with E-state index in [1.165, 1.54) is 24.4 Å². The van der Waals surface area contributed by atoms with Gasteiger partial charge < -0.3 is 20.5 Å². The molecule has 0 aliphatic carbocycles. The Labute approximate surface area is 210 Å².